The first-order valence-corrected chi connectivity index (χ1v) is 6.22. The number of nitro groups is 1. The summed E-state index contributed by atoms with van der Waals surface area (Å²) in [4.78, 5) is 22.3. The molecule has 0 unspecified atom stereocenters. The summed E-state index contributed by atoms with van der Waals surface area (Å²) in [5.41, 5.74) is -1.02. The molecule has 1 aromatic rings. The summed E-state index contributed by atoms with van der Waals surface area (Å²) in [5, 5.41) is 23.1. The molecule has 2 N–H and O–H groups in total. The van der Waals surface area contributed by atoms with Gasteiger partial charge < -0.3 is 10.4 Å². The fourth-order valence-electron chi connectivity index (χ4n) is 2.08. The van der Waals surface area contributed by atoms with Crippen molar-refractivity contribution in [2.45, 2.75) is 24.8 Å². The first-order valence-electron chi connectivity index (χ1n) is 5.85. The van der Waals surface area contributed by atoms with Crippen molar-refractivity contribution < 1.29 is 14.8 Å². The van der Waals surface area contributed by atoms with E-state index < -0.39 is 16.4 Å². The fraction of sp³-hybridized carbons (Fsp3) is 0.417. The minimum Gasteiger partial charge on any atom is -0.394 e. The average Bonchev–Trinajstić information content (AvgIpc) is 2.33. The third kappa shape index (κ3) is 2.69. The molecule has 0 radical (unpaired) electrons. The van der Waals surface area contributed by atoms with E-state index >= 15 is 0 Å². The van der Waals surface area contributed by atoms with Crippen LogP contribution in [0.2, 0.25) is 5.02 Å². The molecule has 1 fully saturated rings. The number of halogens is 1. The van der Waals surface area contributed by atoms with Crippen LogP contribution in [0.15, 0.2) is 18.2 Å². The summed E-state index contributed by atoms with van der Waals surface area (Å²) in [7, 11) is 0. The van der Waals surface area contributed by atoms with Crippen LogP contribution in [0.1, 0.15) is 29.6 Å². The summed E-state index contributed by atoms with van der Waals surface area (Å²) in [6, 6.07) is 3.89. The molecule has 2 rings (SSSR count). The third-order valence-electron chi connectivity index (χ3n) is 3.39. The summed E-state index contributed by atoms with van der Waals surface area (Å²) in [6.07, 6.45) is 2.27. The Hall–Kier alpha value is -1.66. The molecule has 0 aromatic heterocycles. The zero-order chi connectivity index (χ0) is 14.0. The molecule has 0 atom stereocenters. The molecule has 1 saturated carbocycles. The number of nitrogens with one attached hydrogen (secondary N) is 1. The van der Waals surface area contributed by atoms with E-state index in [1.54, 1.807) is 0 Å². The van der Waals surface area contributed by atoms with Crippen molar-refractivity contribution in [3.05, 3.63) is 38.9 Å². The number of hydrogen-bond acceptors (Lipinski definition) is 4. The number of nitrogens with zero attached hydrogens (tertiary/aromatic N) is 1. The Labute approximate surface area is 114 Å². The Bertz CT molecular complexity index is 523. The summed E-state index contributed by atoms with van der Waals surface area (Å²) in [5.74, 6) is -0.558. The number of benzene rings is 1. The average molecular weight is 285 g/mol. The highest BCUT2D eigenvalue weighted by molar-refractivity contribution is 6.31. The van der Waals surface area contributed by atoms with Gasteiger partial charge in [-0.1, -0.05) is 11.6 Å². The van der Waals surface area contributed by atoms with Crippen molar-refractivity contribution in [2.24, 2.45) is 0 Å². The van der Waals surface area contributed by atoms with Gasteiger partial charge in [0.1, 0.15) is 5.56 Å². The van der Waals surface area contributed by atoms with Crippen LogP contribution >= 0.6 is 11.6 Å². The number of hydrogen-bond donors (Lipinski definition) is 2. The first kappa shape index (κ1) is 13.8. The Morgan fingerprint density at radius 3 is 2.68 bits per heavy atom. The van der Waals surface area contributed by atoms with Gasteiger partial charge in [0.15, 0.2) is 0 Å². The lowest BCUT2D eigenvalue weighted by Crippen LogP contribution is -2.56. The molecule has 1 amide bonds. The molecule has 102 valence electrons. The maximum atomic E-state index is 12.1. The van der Waals surface area contributed by atoms with Crippen molar-refractivity contribution in [3.63, 3.8) is 0 Å². The van der Waals surface area contributed by atoms with Crippen molar-refractivity contribution in [3.8, 4) is 0 Å². The van der Waals surface area contributed by atoms with E-state index in [2.05, 4.69) is 5.32 Å². The van der Waals surface area contributed by atoms with Gasteiger partial charge in [-0.25, -0.2) is 0 Å². The number of nitro benzene ring substituents is 1. The lowest BCUT2D eigenvalue weighted by Gasteiger charge is -2.40. The van der Waals surface area contributed by atoms with Crippen LogP contribution in [0, 0.1) is 10.1 Å². The molecular formula is C12H13ClN2O4. The van der Waals surface area contributed by atoms with E-state index in [4.69, 9.17) is 11.6 Å². The highest BCUT2D eigenvalue weighted by Gasteiger charge is 2.38. The fourth-order valence-corrected chi connectivity index (χ4v) is 2.25. The number of rotatable bonds is 4. The lowest BCUT2D eigenvalue weighted by atomic mass is 9.77. The predicted octanol–water partition coefficient (Wildman–Crippen LogP) is 1.89. The van der Waals surface area contributed by atoms with Gasteiger partial charge in [0.25, 0.3) is 11.6 Å². The maximum Gasteiger partial charge on any atom is 0.283 e. The topological polar surface area (TPSA) is 92.5 Å². The van der Waals surface area contributed by atoms with Crippen LogP contribution in [0.5, 0.6) is 0 Å². The molecule has 1 aliphatic carbocycles. The second-order valence-corrected chi connectivity index (χ2v) is 5.10. The third-order valence-corrected chi connectivity index (χ3v) is 3.63. The van der Waals surface area contributed by atoms with Crippen LogP contribution in [-0.2, 0) is 0 Å². The van der Waals surface area contributed by atoms with Gasteiger partial charge in [-0.15, -0.1) is 0 Å². The lowest BCUT2D eigenvalue weighted by molar-refractivity contribution is -0.385. The maximum absolute atomic E-state index is 12.1. The van der Waals surface area contributed by atoms with Crippen LogP contribution in [0.3, 0.4) is 0 Å². The van der Waals surface area contributed by atoms with E-state index in [0.29, 0.717) is 12.8 Å². The van der Waals surface area contributed by atoms with Crippen molar-refractivity contribution in [1.82, 2.24) is 5.32 Å². The number of aliphatic hydroxyl groups is 1. The first-order chi connectivity index (χ1) is 8.97. The molecule has 0 aliphatic heterocycles. The molecule has 6 nitrogen and oxygen atoms in total. The zero-order valence-electron chi connectivity index (χ0n) is 10.1. The van der Waals surface area contributed by atoms with E-state index in [1.807, 2.05) is 0 Å². The van der Waals surface area contributed by atoms with Gasteiger partial charge in [0, 0.05) is 11.1 Å². The van der Waals surface area contributed by atoms with Gasteiger partial charge in [-0.05, 0) is 31.4 Å². The molecule has 0 spiro atoms. The highest BCUT2D eigenvalue weighted by Crippen LogP contribution is 2.32. The zero-order valence-corrected chi connectivity index (χ0v) is 10.8. The summed E-state index contributed by atoms with van der Waals surface area (Å²) >= 11 is 5.69. The molecule has 0 bridgehead atoms. The Morgan fingerprint density at radius 1 is 1.53 bits per heavy atom. The normalized spacial score (nSPS) is 16.5. The molecular weight excluding hydrogens is 272 g/mol. The van der Waals surface area contributed by atoms with Gasteiger partial charge in [0.2, 0.25) is 0 Å². The van der Waals surface area contributed by atoms with Crippen LogP contribution in [0.25, 0.3) is 0 Å². The van der Waals surface area contributed by atoms with Gasteiger partial charge >= 0.3 is 0 Å². The summed E-state index contributed by atoms with van der Waals surface area (Å²) < 4.78 is 0. The quantitative estimate of drug-likeness (QED) is 0.652. The largest absolute Gasteiger partial charge is 0.394 e. The van der Waals surface area contributed by atoms with Crippen molar-refractivity contribution in [2.75, 3.05) is 6.61 Å². The van der Waals surface area contributed by atoms with E-state index in [1.165, 1.54) is 12.1 Å². The Morgan fingerprint density at radius 2 is 2.21 bits per heavy atom. The van der Waals surface area contributed by atoms with Gasteiger partial charge in [-0.3, -0.25) is 14.9 Å². The smallest absolute Gasteiger partial charge is 0.283 e. The van der Waals surface area contributed by atoms with Crippen LogP contribution in [0.4, 0.5) is 5.69 Å². The van der Waals surface area contributed by atoms with E-state index in [9.17, 15) is 20.0 Å². The number of aliphatic hydroxyl groups excluding tert-OH is 1. The SMILES string of the molecule is O=C(NC1(CO)CCC1)c1ccc(Cl)cc1[N+](=O)[O-]. The molecule has 7 heteroatoms. The minimum absolute atomic E-state index is 0.0471. The van der Waals surface area contributed by atoms with Crippen LogP contribution < -0.4 is 5.32 Å². The minimum atomic E-state index is -0.646. The molecule has 0 saturated heterocycles. The van der Waals surface area contributed by atoms with Crippen LogP contribution in [-0.4, -0.2) is 28.1 Å². The second-order valence-electron chi connectivity index (χ2n) is 4.66. The Kier molecular flexibility index (Phi) is 3.73. The van der Waals surface area contributed by atoms with E-state index in [0.717, 1.165) is 12.5 Å². The standard InChI is InChI=1S/C12H13ClN2O4/c13-8-2-3-9(10(6-8)15(18)19)11(17)14-12(7-16)4-1-5-12/h2-3,6,16H,1,4-5,7H2,(H,14,17). The van der Waals surface area contributed by atoms with Gasteiger partial charge in [-0.2, -0.15) is 0 Å². The number of carbonyl (C=O) groups excluding carboxylic acids is 1. The molecule has 0 heterocycles. The Balaban J connectivity index is 2.26. The molecule has 1 aliphatic rings. The second kappa shape index (κ2) is 5.14. The van der Waals surface area contributed by atoms with Gasteiger partial charge in [0.05, 0.1) is 17.1 Å². The summed E-state index contributed by atoms with van der Waals surface area (Å²) in [6.45, 7) is -0.167. The predicted molar refractivity (Wildman–Crippen MR) is 69.2 cm³/mol. The van der Waals surface area contributed by atoms with Crippen molar-refractivity contribution >= 4 is 23.2 Å². The van der Waals surface area contributed by atoms with E-state index in [-0.39, 0.29) is 22.9 Å². The molecule has 19 heavy (non-hydrogen) atoms. The van der Waals surface area contributed by atoms with Crippen molar-refractivity contribution in [1.29, 1.82) is 0 Å². The molecule has 1 aromatic carbocycles. The highest BCUT2D eigenvalue weighted by atomic mass is 35.5. The monoisotopic (exact) mass is 284 g/mol. The number of carbonyl (C=O) groups is 1. The number of amides is 1.